The number of hydrogen-bond acceptors (Lipinski definition) is 2. The minimum Gasteiger partial charge on any atom is -0.242 e. The molecule has 74 valence electrons. The van der Waals surface area contributed by atoms with Crippen molar-refractivity contribution in [2.75, 3.05) is 0 Å². The molecule has 1 heterocycles. The Morgan fingerprint density at radius 2 is 2.23 bits per heavy atom. The molecule has 2 nitrogen and oxygen atoms in total. The van der Waals surface area contributed by atoms with E-state index in [4.69, 9.17) is 0 Å². The van der Waals surface area contributed by atoms with Crippen LogP contribution in [0, 0.1) is 0 Å². The molecule has 0 fully saturated rings. The Kier molecular flexibility index (Phi) is 3.64. The highest BCUT2D eigenvalue weighted by atomic mass is 32.2. The van der Waals surface area contributed by atoms with E-state index in [0.717, 1.165) is 0 Å². The normalized spacial score (nSPS) is 14.4. The Hall–Kier alpha value is -0.190. The van der Waals surface area contributed by atoms with Crippen LogP contribution in [0.1, 0.15) is 26.3 Å². The monoisotopic (exact) mass is 217 g/mol. The second-order valence-electron chi connectivity index (χ2n) is 3.83. The first-order valence-electron chi connectivity index (χ1n) is 4.16. The molecule has 1 atom stereocenters. The molecular weight excluding hydrogens is 202 g/mol. The molecule has 0 spiro atoms. The molecule has 0 aliphatic carbocycles. The molecule has 1 aromatic heterocycles. The van der Waals surface area contributed by atoms with Crippen molar-refractivity contribution in [3.63, 3.8) is 0 Å². The number of thiophene rings is 1. The minimum atomic E-state index is -0.967. The lowest BCUT2D eigenvalue weighted by Gasteiger charge is -2.17. The fourth-order valence-electron chi connectivity index (χ4n) is 0.759. The summed E-state index contributed by atoms with van der Waals surface area (Å²) in [5, 5.41) is 4.09. The van der Waals surface area contributed by atoms with Crippen LogP contribution < -0.4 is 4.72 Å². The van der Waals surface area contributed by atoms with E-state index in [1.165, 1.54) is 5.56 Å². The molecule has 0 unspecified atom stereocenters. The highest BCUT2D eigenvalue weighted by Crippen LogP contribution is 2.10. The van der Waals surface area contributed by atoms with E-state index in [0.29, 0.717) is 6.54 Å². The van der Waals surface area contributed by atoms with E-state index in [2.05, 4.69) is 10.1 Å². The van der Waals surface area contributed by atoms with Gasteiger partial charge in [-0.3, -0.25) is 0 Å². The van der Waals surface area contributed by atoms with Crippen LogP contribution >= 0.6 is 11.3 Å². The van der Waals surface area contributed by atoms with E-state index >= 15 is 0 Å². The Morgan fingerprint density at radius 3 is 2.69 bits per heavy atom. The van der Waals surface area contributed by atoms with Gasteiger partial charge in [-0.25, -0.2) is 8.93 Å². The van der Waals surface area contributed by atoms with E-state index in [9.17, 15) is 4.21 Å². The highest BCUT2D eigenvalue weighted by molar-refractivity contribution is 7.84. The van der Waals surface area contributed by atoms with Gasteiger partial charge in [-0.05, 0) is 43.2 Å². The number of nitrogens with one attached hydrogen (secondary N) is 1. The van der Waals surface area contributed by atoms with Crippen molar-refractivity contribution < 1.29 is 4.21 Å². The fourth-order valence-corrected chi connectivity index (χ4v) is 2.16. The predicted octanol–water partition coefficient (Wildman–Crippen LogP) is 2.30. The largest absolute Gasteiger partial charge is 0.242 e. The summed E-state index contributed by atoms with van der Waals surface area (Å²) in [7, 11) is -0.967. The average Bonchev–Trinajstić information content (AvgIpc) is 2.50. The summed E-state index contributed by atoms with van der Waals surface area (Å²) in [4.78, 5) is 0. The summed E-state index contributed by atoms with van der Waals surface area (Å²) in [6.07, 6.45) is 0. The van der Waals surface area contributed by atoms with Crippen LogP contribution in [0.3, 0.4) is 0 Å². The molecule has 0 radical (unpaired) electrons. The van der Waals surface area contributed by atoms with Crippen molar-refractivity contribution in [2.45, 2.75) is 32.1 Å². The summed E-state index contributed by atoms with van der Waals surface area (Å²) in [6.45, 7) is 6.57. The van der Waals surface area contributed by atoms with Crippen LogP contribution in [-0.4, -0.2) is 8.96 Å². The van der Waals surface area contributed by atoms with Gasteiger partial charge in [-0.15, -0.1) is 0 Å². The van der Waals surface area contributed by atoms with E-state index in [-0.39, 0.29) is 4.75 Å². The van der Waals surface area contributed by atoms with Gasteiger partial charge in [0.1, 0.15) is 0 Å². The fraction of sp³-hybridized carbons (Fsp3) is 0.556. The summed E-state index contributed by atoms with van der Waals surface area (Å²) in [6, 6.07) is 2.04. The summed E-state index contributed by atoms with van der Waals surface area (Å²) >= 11 is 1.66. The smallest absolute Gasteiger partial charge is 0.0973 e. The van der Waals surface area contributed by atoms with Crippen molar-refractivity contribution in [1.82, 2.24) is 4.72 Å². The van der Waals surface area contributed by atoms with Crippen molar-refractivity contribution >= 4 is 22.3 Å². The topological polar surface area (TPSA) is 29.1 Å². The SMILES string of the molecule is CC(C)(C)[S@@](=O)NCc1ccsc1. The van der Waals surface area contributed by atoms with Crippen molar-refractivity contribution in [3.05, 3.63) is 22.4 Å². The van der Waals surface area contributed by atoms with Crippen LogP contribution in [0.2, 0.25) is 0 Å². The molecule has 0 aliphatic heterocycles. The van der Waals surface area contributed by atoms with Gasteiger partial charge in [0.15, 0.2) is 0 Å². The van der Waals surface area contributed by atoms with Gasteiger partial charge in [-0.2, -0.15) is 11.3 Å². The minimum absolute atomic E-state index is 0.185. The zero-order chi connectivity index (χ0) is 9.90. The quantitative estimate of drug-likeness (QED) is 0.827. The van der Waals surface area contributed by atoms with Gasteiger partial charge in [0.2, 0.25) is 0 Å². The molecule has 13 heavy (non-hydrogen) atoms. The molecule has 0 aromatic carbocycles. The first-order valence-corrected chi connectivity index (χ1v) is 6.26. The summed E-state index contributed by atoms with van der Waals surface area (Å²) in [5.74, 6) is 0. The Bertz CT molecular complexity index is 274. The summed E-state index contributed by atoms with van der Waals surface area (Å²) in [5.41, 5.74) is 1.20. The third-order valence-electron chi connectivity index (χ3n) is 1.54. The molecule has 4 heteroatoms. The molecule has 0 saturated carbocycles. The average molecular weight is 217 g/mol. The zero-order valence-corrected chi connectivity index (χ0v) is 9.80. The van der Waals surface area contributed by atoms with Crippen molar-refractivity contribution in [2.24, 2.45) is 0 Å². The van der Waals surface area contributed by atoms with E-state index in [1.54, 1.807) is 11.3 Å². The molecule has 0 saturated heterocycles. The molecule has 0 amide bonds. The lowest BCUT2D eigenvalue weighted by Crippen LogP contribution is -2.32. The van der Waals surface area contributed by atoms with Crippen molar-refractivity contribution in [3.8, 4) is 0 Å². The lowest BCUT2D eigenvalue weighted by molar-refractivity contribution is 0.635. The van der Waals surface area contributed by atoms with Crippen LogP contribution in [0.25, 0.3) is 0 Å². The molecular formula is C9H15NOS2. The number of rotatable bonds is 3. The van der Waals surface area contributed by atoms with Crippen LogP contribution in [0.4, 0.5) is 0 Å². The molecule has 0 aliphatic rings. The van der Waals surface area contributed by atoms with E-state index < -0.39 is 11.0 Å². The third kappa shape index (κ3) is 3.58. The second kappa shape index (κ2) is 4.35. The second-order valence-corrected chi connectivity index (χ2v) is 6.66. The van der Waals surface area contributed by atoms with Crippen LogP contribution in [0.15, 0.2) is 16.8 Å². The van der Waals surface area contributed by atoms with Gasteiger partial charge in [0, 0.05) is 6.54 Å². The maximum Gasteiger partial charge on any atom is 0.0973 e. The summed E-state index contributed by atoms with van der Waals surface area (Å²) < 4.78 is 14.4. The molecule has 0 bridgehead atoms. The Morgan fingerprint density at radius 1 is 1.54 bits per heavy atom. The zero-order valence-electron chi connectivity index (χ0n) is 8.16. The van der Waals surface area contributed by atoms with Crippen molar-refractivity contribution in [1.29, 1.82) is 0 Å². The Balaban J connectivity index is 2.40. The predicted molar refractivity (Wildman–Crippen MR) is 59.1 cm³/mol. The van der Waals surface area contributed by atoms with Crippen LogP contribution in [0.5, 0.6) is 0 Å². The highest BCUT2D eigenvalue weighted by Gasteiger charge is 2.18. The third-order valence-corrected chi connectivity index (χ3v) is 3.79. The molecule has 1 rings (SSSR count). The lowest BCUT2D eigenvalue weighted by atomic mass is 10.3. The van der Waals surface area contributed by atoms with Gasteiger partial charge in [0.05, 0.1) is 15.7 Å². The maximum atomic E-state index is 11.6. The van der Waals surface area contributed by atoms with Gasteiger partial charge < -0.3 is 0 Å². The van der Waals surface area contributed by atoms with Crippen LogP contribution in [-0.2, 0) is 17.5 Å². The Labute approximate surface area is 86.0 Å². The van der Waals surface area contributed by atoms with Gasteiger partial charge in [-0.1, -0.05) is 0 Å². The van der Waals surface area contributed by atoms with E-state index in [1.807, 2.05) is 32.2 Å². The number of hydrogen-bond donors (Lipinski definition) is 1. The van der Waals surface area contributed by atoms with Gasteiger partial charge >= 0.3 is 0 Å². The van der Waals surface area contributed by atoms with Gasteiger partial charge in [0.25, 0.3) is 0 Å². The molecule has 1 N–H and O–H groups in total. The molecule has 1 aromatic rings. The maximum absolute atomic E-state index is 11.6. The first-order chi connectivity index (χ1) is 6.00. The first kappa shape index (κ1) is 10.9. The standard InChI is InChI=1S/C9H15NOS2/c1-9(2,3)13(11)10-6-8-4-5-12-7-8/h4-5,7,10H,6H2,1-3H3/t13-/m1/s1.